The molecule has 2 amide bonds. The van der Waals surface area contributed by atoms with Crippen LogP contribution in [0.4, 0.5) is 10.8 Å². The molecule has 2 N–H and O–H groups in total. The third-order valence-electron chi connectivity index (χ3n) is 4.78. The molecule has 0 atom stereocenters. The first-order valence-corrected chi connectivity index (χ1v) is 11.8. The van der Waals surface area contributed by atoms with Gasteiger partial charge in [-0.3, -0.25) is 14.9 Å². The highest BCUT2D eigenvalue weighted by atomic mass is 32.2. The normalized spacial score (nSPS) is 12.0. The van der Waals surface area contributed by atoms with E-state index in [0.29, 0.717) is 32.9 Å². The SMILES string of the molecule is Cc1ccc2nc(NC(=O)c3cccnc3SCC(=O)Nc3ccc4c(c3)OCO4)sc2c1. The lowest BCUT2D eigenvalue weighted by molar-refractivity contribution is -0.113. The summed E-state index contributed by atoms with van der Waals surface area (Å²) in [5.41, 5.74) is 2.96. The third kappa shape index (κ3) is 4.76. The lowest BCUT2D eigenvalue weighted by atomic mass is 10.2. The molecule has 0 unspecified atom stereocenters. The first kappa shape index (κ1) is 21.2. The minimum atomic E-state index is -0.322. The van der Waals surface area contributed by atoms with Crippen LogP contribution in [0.2, 0.25) is 0 Å². The van der Waals surface area contributed by atoms with E-state index in [2.05, 4.69) is 20.6 Å². The monoisotopic (exact) mass is 478 g/mol. The van der Waals surface area contributed by atoms with E-state index in [1.165, 1.54) is 23.1 Å². The lowest BCUT2D eigenvalue weighted by Gasteiger charge is -2.08. The van der Waals surface area contributed by atoms with Crippen LogP contribution in [-0.4, -0.2) is 34.3 Å². The minimum Gasteiger partial charge on any atom is -0.454 e. The summed E-state index contributed by atoms with van der Waals surface area (Å²) < 4.78 is 11.6. The summed E-state index contributed by atoms with van der Waals surface area (Å²) in [5, 5.41) is 6.65. The van der Waals surface area contributed by atoms with E-state index in [1.54, 1.807) is 36.5 Å². The Kier molecular flexibility index (Phi) is 5.84. The van der Waals surface area contributed by atoms with Crippen LogP contribution in [0.3, 0.4) is 0 Å². The van der Waals surface area contributed by atoms with Crippen molar-refractivity contribution in [3.8, 4) is 11.5 Å². The maximum absolute atomic E-state index is 12.9. The number of fused-ring (bicyclic) bond motifs is 2. The van der Waals surface area contributed by atoms with Gasteiger partial charge in [-0.15, -0.1) is 0 Å². The van der Waals surface area contributed by atoms with E-state index in [1.807, 2.05) is 25.1 Å². The van der Waals surface area contributed by atoms with Gasteiger partial charge in [-0.1, -0.05) is 29.2 Å². The van der Waals surface area contributed by atoms with Crippen molar-refractivity contribution in [1.82, 2.24) is 9.97 Å². The minimum absolute atomic E-state index is 0.0894. The Bertz CT molecular complexity index is 1370. The van der Waals surface area contributed by atoms with Crippen LogP contribution >= 0.6 is 23.1 Å². The number of thioether (sulfide) groups is 1. The molecule has 2 aromatic carbocycles. The number of aromatic nitrogens is 2. The van der Waals surface area contributed by atoms with E-state index >= 15 is 0 Å². The van der Waals surface area contributed by atoms with Gasteiger partial charge in [0, 0.05) is 18.0 Å². The Morgan fingerprint density at radius 3 is 2.88 bits per heavy atom. The highest BCUT2D eigenvalue weighted by Gasteiger charge is 2.17. The van der Waals surface area contributed by atoms with Gasteiger partial charge in [0.15, 0.2) is 16.6 Å². The van der Waals surface area contributed by atoms with Crippen LogP contribution in [0, 0.1) is 6.92 Å². The van der Waals surface area contributed by atoms with Gasteiger partial charge in [0.2, 0.25) is 12.7 Å². The molecule has 0 saturated carbocycles. The zero-order valence-corrected chi connectivity index (χ0v) is 19.1. The molecule has 3 heterocycles. The summed E-state index contributed by atoms with van der Waals surface area (Å²) in [6.07, 6.45) is 1.59. The number of nitrogens with zero attached hydrogens (tertiary/aromatic N) is 2. The molecule has 2 aromatic heterocycles. The zero-order valence-electron chi connectivity index (χ0n) is 17.5. The molecule has 4 aromatic rings. The van der Waals surface area contributed by atoms with Crippen LogP contribution in [-0.2, 0) is 4.79 Å². The first-order chi connectivity index (χ1) is 16.0. The molecule has 8 nitrogen and oxygen atoms in total. The highest BCUT2D eigenvalue weighted by molar-refractivity contribution is 8.00. The molecule has 0 spiro atoms. The molecule has 166 valence electrons. The number of hydrogen-bond acceptors (Lipinski definition) is 8. The second-order valence-electron chi connectivity index (χ2n) is 7.21. The van der Waals surface area contributed by atoms with Crippen molar-refractivity contribution in [3.63, 3.8) is 0 Å². The third-order valence-corrected chi connectivity index (χ3v) is 6.72. The van der Waals surface area contributed by atoms with Crippen molar-refractivity contribution in [1.29, 1.82) is 0 Å². The molecule has 0 aliphatic carbocycles. The number of aryl methyl sites for hydroxylation is 1. The quantitative estimate of drug-likeness (QED) is 0.387. The van der Waals surface area contributed by atoms with Gasteiger partial charge in [0.05, 0.1) is 21.5 Å². The Morgan fingerprint density at radius 2 is 1.97 bits per heavy atom. The van der Waals surface area contributed by atoms with Crippen molar-refractivity contribution in [2.24, 2.45) is 0 Å². The number of nitrogens with one attached hydrogen (secondary N) is 2. The van der Waals surface area contributed by atoms with Crippen molar-refractivity contribution in [2.75, 3.05) is 23.2 Å². The summed E-state index contributed by atoms with van der Waals surface area (Å²) in [6.45, 7) is 2.18. The second-order valence-corrected chi connectivity index (χ2v) is 9.20. The summed E-state index contributed by atoms with van der Waals surface area (Å²) >= 11 is 2.60. The molecule has 0 radical (unpaired) electrons. The number of carbonyl (C=O) groups excluding carboxylic acids is 2. The van der Waals surface area contributed by atoms with E-state index < -0.39 is 0 Å². The molecular formula is C23H18N4O4S2. The van der Waals surface area contributed by atoms with Gasteiger partial charge in [-0.25, -0.2) is 9.97 Å². The topological polar surface area (TPSA) is 102 Å². The standard InChI is InChI=1S/C23H18N4O4S2/c1-13-4-6-16-19(9-13)33-23(26-16)27-21(29)15-3-2-8-24-22(15)32-11-20(28)25-14-5-7-17-18(10-14)31-12-30-17/h2-10H,11-12H2,1H3,(H,25,28)(H,26,27,29). The van der Waals surface area contributed by atoms with Gasteiger partial charge >= 0.3 is 0 Å². The van der Waals surface area contributed by atoms with Crippen molar-refractivity contribution in [2.45, 2.75) is 11.9 Å². The fourth-order valence-electron chi connectivity index (χ4n) is 3.23. The maximum Gasteiger partial charge on any atom is 0.260 e. The number of thiazole rings is 1. The smallest absolute Gasteiger partial charge is 0.260 e. The molecule has 0 saturated heterocycles. The van der Waals surface area contributed by atoms with E-state index in [0.717, 1.165) is 15.8 Å². The van der Waals surface area contributed by atoms with Crippen LogP contribution in [0.15, 0.2) is 59.8 Å². The number of carbonyl (C=O) groups is 2. The second kappa shape index (κ2) is 9.08. The molecule has 33 heavy (non-hydrogen) atoms. The number of ether oxygens (including phenoxy) is 2. The van der Waals surface area contributed by atoms with Gasteiger partial charge in [-0.2, -0.15) is 0 Å². The van der Waals surface area contributed by atoms with Gasteiger partial charge in [-0.05, 0) is 48.9 Å². The Morgan fingerprint density at radius 1 is 1.09 bits per heavy atom. The first-order valence-electron chi connectivity index (χ1n) is 10.0. The number of rotatable bonds is 6. The average Bonchev–Trinajstić information content (AvgIpc) is 3.43. The van der Waals surface area contributed by atoms with Gasteiger partial charge in [0.25, 0.3) is 5.91 Å². The molecule has 1 aliphatic heterocycles. The maximum atomic E-state index is 12.9. The van der Waals surface area contributed by atoms with Gasteiger partial charge < -0.3 is 14.8 Å². The lowest BCUT2D eigenvalue weighted by Crippen LogP contribution is -2.16. The molecule has 10 heteroatoms. The summed E-state index contributed by atoms with van der Waals surface area (Å²) in [6, 6.07) is 14.5. The number of pyridine rings is 1. The van der Waals surface area contributed by atoms with Crippen molar-refractivity contribution < 1.29 is 19.1 Å². The largest absolute Gasteiger partial charge is 0.454 e. The fraction of sp³-hybridized carbons (Fsp3) is 0.130. The van der Waals surface area contributed by atoms with Crippen LogP contribution in [0.5, 0.6) is 11.5 Å². The molecule has 0 fully saturated rings. The van der Waals surface area contributed by atoms with Gasteiger partial charge in [0.1, 0.15) is 5.03 Å². The van der Waals surface area contributed by atoms with E-state index in [4.69, 9.17) is 9.47 Å². The average molecular weight is 479 g/mol. The Labute approximate surface area is 197 Å². The number of hydrogen-bond donors (Lipinski definition) is 2. The number of amides is 2. The van der Waals surface area contributed by atoms with E-state index in [9.17, 15) is 9.59 Å². The molecule has 5 rings (SSSR count). The van der Waals surface area contributed by atoms with Crippen molar-refractivity contribution in [3.05, 3.63) is 65.9 Å². The molecular weight excluding hydrogens is 460 g/mol. The summed E-state index contributed by atoms with van der Waals surface area (Å²) in [7, 11) is 0. The fourth-order valence-corrected chi connectivity index (χ4v) is 4.98. The summed E-state index contributed by atoms with van der Waals surface area (Å²) in [5.74, 6) is 0.783. The van der Waals surface area contributed by atoms with Crippen LogP contribution < -0.4 is 20.1 Å². The predicted molar refractivity (Wildman–Crippen MR) is 128 cm³/mol. The van der Waals surface area contributed by atoms with Crippen molar-refractivity contribution >= 4 is 55.9 Å². The highest BCUT2D eigenvalue weighted by Crippen LogP contribution is 2.34. The summed E-state index contributed by atoms with van der Waals surface area (Å²) in [4.78, 5) is 34.1. The van der Waals surface area contributed by atoms with E-state index in [-0.39, 0.29) is 24.4 Å². The van der Waals surface area contributed by atoms with Crippen LogP contribution in [0.25, 0.3) is 10.2 Å². The number of benzene rings is 2. The Hall–Kier alpha value is -3.63. The zero-order chi connectivity index (χ0) is 22.8. The van der Waals surface area contributed by atoms with Crippen LogP contribution in [0.1, 0.15) is 15.9 Å². The molecule has 1 aliphatic rings. The Balaban J connectivity index is 1.24. The number of anilines is 2. The molecule has 0 bridgehead atoms. The predicted octanol–water partition coefficient (Wildman–Crippen LogP) is 4.71.